The van der Waals surface area contributed by atoms with Gasteiger partial charge in [-0.2, -0.15) is 0 Å². The summed E-state index contributed by atoms with van der Waals surface area (Å²) in [7, 11) is 0. The van der Waals surface area contributed by atoms with Gasteiger partial charge in [-0.25, -0.2) is 9.59 Å². The van der Waals surface area contributed by atoms with Gasteiger partial charge in [0.1, 0.15) is 0 Å². The number of carbonyl (C=O) groups excluding carboxylic acids is 5. The van der Waals surface area contributed by atoms with E-state index in [0.29, 0.717) is 0 Å². The fourth-order valence-electron chi connectivity index (χ4n) is 1.40. The number of Topliss-reactive ketones (excluding diaryl/α,β-unsaturated/α-hetero) is 1. The molecular weight excluding hydrogens is 220 g/mol. The van der Waals surface area contributed by atoms with Gasteiger partial charge < -0.3 is 10.6 Å². The average molecular weight is 226 g/mol. The van der Waals surface area contributed by atoms with Gasteiger partial charge in [-0.15, -0.1) is 0 Å². The zero-order chi connectivity index (χ0) is 11.9. The van der Waals surface area contributed by atoms with Gasteiger partial charge in [-0.3, -0.25) is 25.0 Å². The van der Waals surface area contributed by atoms with E-state index in [2.05, 4.69) is 0 Å². The van der Waals surface area contributed by atoms with Crippen molar-refractivity contribution in [2.45, 2.75) is 12.1 Å². The number of imide groups is 2. The van der Waals surface area contributed by atoms with Crippen LogP contribution in [-0.2, 0) is 14.4 Å². The number of hydrogen-bond acceptors (Lipinski definition) is 5. The summed E-state index contributed by atoms with van der Waals surface area (Å²) >= 11 is 0. The minimum atomic E-state index is -1.44. The number of rotatable bonds is 2. The molecule has 2 aliphatic heterocycles. The third-order valence-corrected chi connectivity index (χ3v) is 2.12. The molecule has 2 atom stereocenters. The molecule has 4 N–H and O–H groups in total. The summed E-state index contributed by atoms with van der Waals surface area (Å²) in [4.78, 5) is 55.3. The van der Waals surface area contributed by atoms with E-state index in [1.54, 1.807) is 0 Å². The Kier molecular flexibility index (Phi) is 2.07. The molecule has 0 bridgehead atoms. The second-order valence-corrected chi connectivity index (χ2v) is 3.19. The van der Waals surface area contributed by atoms with E-state index in [1.807, 2.05) is 21.3 Å². The molecule has 2 aliphatic rings. The van der Waals surface area contributed by atoms with Crippen molar-refractivity contribution in [3.63, 3.8) is 0 Å². The summed E-state index contributed by atoms with van der Waals surface area (Å²) in [6, 6.07) is -4.51. The van der Waals surface area contributed by atoms with Crippen molar-refractivity contribution in [2.24, 2.45) is 0 Å². The molecule has 2 fully saturated rings. The number of ketones is 1. The first kappa shape index (κ1) is 10.1. The van der Waals surface area contributed by atoms with Crippen LogP contribution in [0.3, 0.4) is 0 Å². The molecule has 0 radical (unpaired) electrons. The Bertz CT molecular complexity index is 392. The van der Waals surface area contributed by atoms with E-state index in [0.717, 1.165) is 0 Å². The first-order valence-electron chi connectivity index (χ1n) is 4.25. The first-order valence-corrected chi connectivity index (χ1v) is 4.25. The minimum Gasteiger partial charge on any atom is -0.319 e. The predicted molar refractivity (Wildman–Crippen MR) is 45.9 cm³/mol. The quantitative estimate of drug-likeness (QED) is 0.293. The zero-order valence-corrected chi connectivity index (χ0v) is 7.70. The Morgan fingerprint density at radius 3 is 1.44 bits per heavy atom. The Balaban J connectivity index is 2.14. The Hall–Kier alpha value is -2.45. The lowest BCUT2D eigenvalue weighted by atomic mass is 10.1. The molecule has 84 valence electrons. The molecule has 0 saturated carbocycles. The molecule has 0 aromatic heterocycles. The number of carbonyl (C=O) groups is 5. The van der Waals surface area contributed by atoms with Gasteiger partial charge in [0.15, 0.2) is 17.9 Å². The Labute approximate surface area is 87.9 Å². The molecule has 6 amide bonds. The van der Waals surface area contributed by atoms with Crippen LogP contribution >= 0.6 is 0 Å². The Morgan fingerprint density at radius 1 is 0.812 bits per heavy atom. The summed E-state index contributed by atoms with van der Waals surface area (Å²) in [5, 5.41) is 7.76. The predicted octanol–water partition coefficient (Wildman–Crippen LogP) is -3.03. The van der Waals surface area contributed by atoms with Crippen LogP contribution in [0.1, 0.15) is 0 Å². The molecule has 2 heterocycles. The lowest BCUT2D eigenvalue weighted by Gasteiger charge is -2.09. The van der Waals surface area contributed by atoms with Crippen LogP contribution in [0.25, 0.3) is 0 Å². The summed E-state index contributed by atoms with van der Waals surface area (Å²) in [5.74, 6) is -2.57. The molecule has 2 unspecified atom stereocenters. The third kappa shape index (κ3) is 1.47. The summed E-state index contributed by atoms with van der Waals surface area (Å²) in [6.07, 6.45) is 0. The van der Waals surface area contributed by atoms with Crippen molar-refractivity contribution in [1.82, 2.24) is 21.3 Å². The van der Waals surface area contributed by atoms with Crippen LogP contribution in [0, 0.1) is 0 Å². The van der Waals surface area contributed by atoms with Gasteiger partial charge in [0, 0.05) is 0 Å². The fourth-order valence-corrected chi connectivity index (χ4v) is 1.40. The Morgan fingerprint density at radius 2 is 1.19 bits per heavy atom. The molecule has 9 heteroatoms. The number of hydrogen-bond donors (Lipinski definition) is 4. The topological polar surface area (TPSA) is 133 Å². The SMILES string of the molecule is O=C1NC(=O)C(C(=O)C2NC(=O)NC2=O)N1. The van der Waals surface area contributed by atoms with Gasteiger partial charge in [-0.1, -0.05) is 0 Å². The van der Waals surface area contributed by atoms with E-state index in [-0.39, 0.29) is 0 Å². The number of amides is 6. The maximum absolute atomic E-state index is 11.6. The number of nitrogens with one attached hydrogen (secondary N) is 4. The van der Waals surface area contributed by atoms with E-state index in [9.17, 15) is 24.0 Å². The normalized spacial score (nSPS) is 28.2. The highest BCUT2D eigenvalue weighted by atomic mass is 16.2. The highest BCUT2D eigenvalue weighted by Gasteiger charge is 2.44. The van der Waals surface area contributed by atoms with E-state index >= 15 is 0 Å². The molecule has 9 nitrogen and oxygen atoms in total. The molecular formula is C7H6N4O5. The largest absolute Gasteiger partial charge is 0.322 e. The maximum atomic E-state index is 11.6. The first-order chi connectivity index (χ1) is 7.49. The lowest BCUT2D eigenvalue weighted by Crippen LogP contribution is -2.49. The molecule has 2 rings (SSSR count). The van der Waals surface area contributed by atoms with Crippen molar-refractivity contribution in [3.8, 4) is 0 Å². The second-order valence-electron chi connectivity index (χ2n) is 3.19. The van der Waals surface area contributed by atoms with Crippen LogP contribution in [0.4, 0.5) is 9.59 Å². The van der Waals surface area contributed by atoms with Gasteiger partial charge in [-0.05, 0) is 0 Å². The third-order valence-electron chi connectivity index (χ3n) is 2.12. The molecule has 0 aromatic carbocycles. The van der Waals surface area contributed by atoms with Crippen molar-refractivity contribution < 1.29 is 24.0 Å². The highest BCUT2D eigenvalue weighted by Crippen LogP contribution is 2.03. The van der Waals surface area contributed by atoms with Crippen LogP contribution in [-0.4, -0.2) is 41.7 Å². The molecule has 16 heavy (non-hydrogen) atoms. The van der Waals surface area contributed by atoms with Gasteiger partial charge in [0.05, 0.1) is 0 Å². The van der Waals surface area contributed by atoms with Crippen LogP contribution in [0.2, 0.25) is 0 Å². The summed E-state index contributed by atoms with van der Waals surface area (Å²) < 4.78 is 0. The summed E-state index contributed by atoms with van der Waals surface area (Å²) in [5.41, 5.74) is 0. The fraction of sp³-hybridized carbons (Fsp3) is 0.286. The van der Waals surface area contributed by atoms with Crippen molar-refractivity contribution >= 4 is 29.7 Å². The van der Waals surface area contributed by atoms with Crippen LogP contribution in [0.5, 0.6) is 0 Å². The van der Waals surface area contributed by atoms with Gasteiger partial charge >= 0.3 is 12.1 Å². The van der Waals surface area contributed by atoms with Crippen LogP contribution in [0.15, 0.2) is 0 Å². The van der Waals surface area contributed by atoms with Crippen molar-refractivity contribution in [3.05, 3.63) is 0 Å². The van der Waals surface area contributed by atoms with Crippen molar-refractivity contribution in [1.29, 1.82) is 0 Å². The average Bonchev–Trinajstić information content (AvgIpc) is 2.68. The molecule has 2 saturated heterocycles. The molecule has 0 aliphatic carbocycles. The molecule has 0 aromatic rings. The van der Waals surface area contributed by atoms with E-state index < -0.39 is 41.7 Å². The molecule has 0 spiro atoms. The zero-order valence-electron chi connectivity index (χ0n) is 7.70. The standard InChI is InChI=1S/C7H6N4O5/c12-3(1-4(13)10-6(15)8-1)2-5(14)11-7(16)9-2/h1-2H,(H2,8,10,13,15)(H2,9,11,14,16). The second kappa shape index (κ2) is 3.29. The van der Waals surface area contributed by atoms with Gasteiger partial charge in [0.25, 0.3) is 11.8 Å². The number of urea groups is 2. The smallest absolute Gasteiger partial charge is 0.319 e. The van der Waals surface area contributed by atoms with Crippen molar-refractivity contribution in [2.75, 3.05) is 0 Å². The van der Waals surface area contributed by atoms with Gasteiger partial charge in [0.2, 0.25) is 0 Å². The lowest BCUT2D eigenvalue weighted by molar-refractivity contribution is -0.132. The maximum Gasteiger partial charge on any atom is 0.322 e. The minimum absolute atomic E-state index is 0.812. The summed E-state index contributed by atoms with van der Waals surface area (Å²) in [6.45, 7) is 0. The van der Waals surface area contributed by atoms with E-state index in [1.165, 1.54) is 0 Å². The van der Waals surface area contributed by atoms with Crippen LogP contribution < -0.4 is 21.3 Å². The van der Waals surface area contributed by atoms with E-state index in [4.69, 9.17) is 0 Å². The highest BCUT2D eigenvalue weighted by molar-refractivity contribution is 6.25. The monoisotopic (exact) mass is 226 g/mol.